The molecule has 0 radical (unpaired) electrons. The molecular formula is C31H31N3O6. The highest BCUT2D eigenvalue weighted by atomic mass is 16.5. The smallest absolute Gasteiger partial charge is 0.329 e. The van der Waals surface area contributed by atoms with E-state index in [0.29, 0.717) is 38.8 Å². The quantitative estimate of drug-likeness (QED) is 0.400. The lowest BCUT2D eigenvalue weighted by Crippen LogP contribution is -2.43. The van der Waals surface area contributed by atoms with E-state index in [1.54, 1.807) is 6.07 Å². The molecule has 2 aromatic carbocycles. The average molecular weight is 542 g/mol. The third kappa shape index (κ3) is 6.20. The first-order valence-electron chi connectivity index (χ1n) is 13.5. The molecule has 9 nitrogen and oxygen atoms in total. The highest BCUT2D eigenvalue weighted by molar-refractivity contribution is 5.99. The number of aromatic nitrogens is 1. The van der Waals surface area contributed by atoms with Crippen molar-refractivity contribution in [1.29, 1.82) is 0 Å². The molecule has 0 bridgehead atoms. The third-order valence-electron chi connectivity index (χ3n) is 7.21. The Balaban J connectivity index is 1.23. The molecule has 2 unspecified atom stereocenters. The molecule has 2 saturated heterocycles. The van der Waals surface area contributed by atoms with E-state index >= 15 is 0 Å². The number of amides is 2. The zero-order valence-electron chi connectivity index (χ0n) is 22.1. The second kappa shape index (κ2) is 12.5. The van der Waals surface area contributed by atoms with Crippen LogP contribution in [0.25, 0.3) is 0 Å². The number of rotatable bonds is 8. The van der Waals surface area contributed by atoms with Crippen LogP contribution in [0.5, 0.6) is 0 Å². The minimum absolute atomic E-state index is 0.0658. The number of esters is 2. The van der Waals surface area contributed by atoms with Gasteiger partial charge in [-0.25, -0.2) is 14.6 Å². The zero-order chi connectivity index (χ0) is 27.9. The van der Waals surface area contributed by atoms with Crippen LogP contribution in [0.15, 0.2) is 78.9 Å². The highest BCUT2D eigenvalue weighted by Crippen LogP contribution is 2.24. The molecular weight excluding hydrogens is 510 g/mol. The molecule has 2 atom stereocenters. The first-order chi connectivity index (χ1) is 19.5. The number of pyridine rings is 1. The van der Waals surface area contributed by atoms with Crippen molar-refractivity contribution in [3.8, 4) is 0 Å². The van der Waals surface area contributed by atoms with Gasteiger partial charge in [0.25, 0.3) is 11.8 Å². The fraction of sp³-hybridized carbons (Fsp3) is 0.323. The van der Waals surface area contributed by atoms with Gasteiger partial charge >= 0.3 is 11.9 Å². The lowest BCUT2D eigenvalue weighted by molar-refractivity contribution is -0.150. The largest absolute Gasteiger partial charge is 0.459 e. The molecule has 0 aliphatic carbocycles. The van der Waals surface area contributed by atoms with E-state index in [-0.39, 0.29) is 24.6 Å². The lowest BCUT2D eigenvalue weighted by Gasteiger charge is -2.24. The molecule has 2 aliphatic rings. The van der Waals surface area contributed by atoms with Crippen LogP contribution in [0.4, 0.5) is 0 Å². The van der Waals surface area contributed by atoms with Gasteiger partial charge in [0.2, 0.25) is 0 Å². The molecule has 2 amide bonds. The van der Waals surface area contributed by atoms with Crippen LogP contribution in [-0.4, -0.2) is 63.7 Å². The van der Waals surface area contributed by atoms with Crippen molar-refractivity contribution in [2.24, 2.45) is 0 Å². The van der Waals surface area contributed by atoms with Crippen LogP contribution < -0.4 is 0 Å². The second-order valence-electron chi connectivity index (χ2n) is 9.91. The van der Waals surface area contributed by atoms with Crippen LogP contribution in [0, 0.1) is 0 Å². The minimum atomic E-state index is -0.709. The second-order valence-corrected chi connectivity index (χ2v) is 9.91. The lowest BCUT2D eigenvalue weighted by atomic mass is 10.2. The third-order valence-corrected chi connectivity index (χ3v) is 7.21. The maximum Gasteiger partial charge on any atom is 0.329 e. The highest BCUT2D eigenvalue weighted by Gasteiger charge is 2.38. The number of likely N-dealkylation sites (tertiary alicyclic amines) is 2. The van der Waals surface area contributed by atoms with Gasteiger partial charge < -0.3 is 19.3 Å². The number of nitrogens with zero attached hydrogens (tertiary/aromatic N) is 3. The molecule has 1 aromatic heterocycles. The molecule has 3 aromatic rings. The molecule has 2 aliphatic heterocycles. The van der Waals surface area contributed by atoms with Crippen molar-refractivity contribution in [3.63, 3.8) is 0 Å². The number of benzene rings is 2. The molecule has 0 saturated carbocycles. The van der Waals surface area contributed by atoms with Crippen LogP contribution in [-0.2, 0) is 32.3 Å². The predicted molar refractivity (Wildman–Crippen MR) is 145 cm³/mol. The summed E-state index contributed by atoms with van der Waals surface area (Å²) in [6.07, 6.45) is 2.32. The summed E-state index contributed by atoms with van der Waals surface area (Å²) in [5.74, 6) is -1.80. The summed E-state index contributed by atoms with van der Waals surface area (Å²) in [7, 11) is 0. The Hall–Kier alpha value is -4.53. The average Bonchev–Trinajstić information content (AvgIpc) is 3.70. The van der Waals surface area contributed by atoms with E-state index in [4.69, 9.17) is 9.47 Å². The summed E-state index contributed by atoms with van der Waals surface area (Å²) in [5.41, 5.74) is 1.86. The van der Waals surface area contributed by atoms with Gasteiger partial charge in [-0.1, -0.05) is 66.7 Å². The first kappa shape index (κ1) is 27.1. The number of hydrogen-bond acceptors (Lipinski definition) is 7. The van der Waals surface area contributed by atoms with E-state index in [0.717, 1.165) is 11.1 Å². The van der Waals surface area contributed by atoms with Crippen LogP contribution in [0.1, 0.15) is 57.8 Å². The monoisotopic (exact) mass is 541 g/mol. The van der Waals surface area contributed by atoms with Gasteiger partial charge in [0.05, 0.1) is 0 Å². The zero-order valence-corrected chi connectivity index (χ0v) is 22.1. The SMILES string of the molecule is O=C(OCc1ccccc1)C1CCCN1C(=O)c1cccc(C(=O)N2CCCC2C(=O)OCc2ccccc2)n1. The number of hydrogen-bond donors (Lipinski definition) is 0. The van der Waals surface area contributed by atoms with Gasteiger partial charge in [-0.05, 0) is 48.9 Å². The molecule has 206 valence electrons. The summed E-state index contributed by atoms with van der Waals surface area (Å²) in [6, 6.07) is 21.9. The van der Waals surface area contributed by atoms with Crippen LogP contribution in [0.2, 0.25) is 0 Å². The summed E-state index contributed by atoms with van der Waals surface area (Å²) in [6.45, 7) is 1.05. The van der Waals surface area contributed by atoms with Crippen LogP contribution >= 0.6 is 0 Å². The Labute approximate surface area is 232 Å². The number of ether oxygens (including phenoxy) is 2. The van der Waals surface area contributed by atoms with Crippen molar-refractivity contribution in [3.05, 3.63) is 101 Å². The predicted octanol–water partition coefficient (Wildman–Crippen LogP) is 3.78. The molecule has 9 heteroatoms. The van der Waals surface area contributed by atoms with Gasteiger partial charge in [-0.3, -0.25) is 9.59 Å². The van der Waals surface area contributed by atoms with Gasteiger partial charge in [-0.2, -0.15) is 0 Å². The topological polar surface area (TPSA) is 106 Å². The summed E-state index contributed by atoms with van der Waals surface area (Å²) in [5, 5.41) is 0. The normalized spacial score (nSPS) is 18.4. The van der Waals surface area contributed by atoms with Gasteiger partial charge in [0.1, 0.15) is 36.7 Å². The molecule has 5 rings (SSSR count). The standard InChI is InChI=1S/C31H31N3O6/c35-28(33-18-8-16-26(33)30(37)39-20-22-10-3-1-4-11-22)24-14-7-15-25(32-24)29(36)34-19-9-17-27(34)31(38)40-21-23-12-5-2-6-13-23/h1-7,10-15,26-27H,8-9,16-21H2. The van der Waals surface area contributed by atoms with E-state index < -0.39 is 35.8 Å². The Morgan fingerprint density at radius 1 is 0.625 bits per heavy atom. The summed E-state index contributed by atoms with van der Waals surface area (Å²) < 4.78 is 11.0. The van der Waals surface area contributed by atoms with E-state index in [1.807, 2.05) is 60.7 Å². The summed E-state index contributed by atoms with van der Waals surface area (Å²) >= 11 is 0. The summed E-state index contributed by atoms with van der Waals surface area (Å²) in [4.78, 5) is 59.7. The molecule has 2 fully saturated rings. The molecule has 0 spiro atoms. The Kier molecular flexibility index (Phi) is 8.49. The molecule has 0 N–H and O–H groups in total. The maximum absolute atomic E-state index is 13.4. The van der Waals surface area contributed by atoms with Crippen LogP contribution in [0.3, 0.4) is 0 Å². The van der Waals surface area contributed by atoms with E-state index in [2.05, 4.69) is 4.98 Å². The molecule has 3 heterocycles. The maximum atomic E-state index is 13.4. The van der Waals surface area contributed by atoms with Crippen molar-refractivity contribution in [2.75, 3.05) is 13.1 Å². The first-order valence-corrected chi connectivity index (χ1v) is 13.5. The van der Waals surface area contributed by atoms with Crippen molar-refractivity contribution < 1.29 is 28.7 Å². The Morgan fingerprint density at radius 3 is 1.48 bits per heavy atom. The minimum Gasteiger partial charge on any atom is -0.459 e. The van der Waals surface area contributed by atoms with Crippen molar-refractivity contribution in [2.45, 2.75) is 51.0 Å². The van der Waals surface area contributed by atoms with Gasteiger partial charge in [-0.15, -0.1) is 0 Å². The van der Waals surface area contributed by atoms with E-state index in [1.165, 1.54) is 21.9 Å². The molecule has 40 heavy (non-hydrogen) atoms. The fourth-order valence-corrected chi connectivity index (χ4v) is 5.13. The number of carbonyl (C=O) groups is 4. The van der Waals surface area contributed by atoms with Crippen molar-refractivity contribution in [1.82, 2.24) is 14.8 Å². The number of carbonyl (C=O) groups excluding carboxylic acids is 4. The van der Waals surface area contributed by atoms with Gasteiger partial charge in [0.15, 0.2) is 0 Å². The van der Waals surface area contributed by atoms with Gasteiger partial charge in [0, 0.05) is 13.1 Å². The fourth-order valence-electron chi connectivity index (χ4n) is 5.13. The van der Waals surface area contributed by atoms with E-state index in [9.17, 15) is 19.2 Å². The van der Waals surface area contributed by atoms with Crippen molar-refractivity contribution >= 4 is 23.8 Å². The Morgan fingerprint density at radius 2 is 1.05 bits per heavy atom. The Bertz CT molecular complexity index is 1260.